The molecule has 0 atom stereocenters. The number of hydrogen-bond acceptors (Lipinski definition) is 2. The van der Waals surface area contributed by atoms with Gasteiger partial charge in [0, 0.05) is 16.7 Å². The number of nitrogens with zero attached hydrogens (tertiary/aromatic N) is 2. The van der Waals surface area contributed by atoms with E-state index in [4.69, 9.17) is 0 Å². The first-order valence-electron chi connectivity index (χ1n) is 5.91. The molecule has 1 aliphatic rings. The third-order valence-corrected chi connectivity index (χ3v) is 3.65. The molecule has 1 aliphatic carbocycles. The van der Waals surface area contributed by atoms with Gasteiger partial charge in [0.1, 0.15) is 5.82 Å². The summed E-state index contributed by atoms with van der Waals surface area (Å²) in [6, 6.07) is 5.43. The van der Waals surface area contributed by atoms with E-state index in [2.05, 4.69) is 30.8 Å². The summed E-state index contributed by atoms with van der Waals surface area (Å²) in [5.41, 5.74) is 1.38. The molecule has 0 amide bonds. The Morgan fingerprint density at radius 3 is 2.89 bits per heavy atom. The van der Waals surface area contributed by atoms with E-state index in [1.807, 2.05) is 19.2 Å². The van der Waals surface area contributed by atoms with Crippen molar-refractivity contribution >= 4 is 27.6 Å². The molecule has 1 aromatic heterocycles. The Morgan fingerprint density at radius 1 is 1.44 bits per heavy atom. The molecule has 18 heavy (non-hydrogen) atoms. The first kappa shape index (κ1) is 11.7. The lowest BCUT2D eigenvalue weighted by Crippen LogP contribution is -2.03. The number of anilines is 2. The van der Waals surface area contributed by atoms with E-state index in [9.17, 15) is 4.39 Å². The molecule has 94 valence electrons. The summed E-state index contributed by atoms with van der Waals surface area (Å²) in [6.07, 6.45) is 4.35. The summed E-state index contributed by atoms with van der Waals surface area (Å²) in [7, 11) is 0. The highest BCUT2D eigenvalue weighted by Gasteiger charge is 2.26. The van der Waals surface area contributed by atoms with Crippen LogP contribution in [0.1, 0.15) is 24.6 Å². The molecule has 1 aromatic carbocycles. The lowest BCUT2D eigenvalue weighted by molar-refractivity contribution is 0.630. The second-order valence-electron chi connectivity index (χ2n) is 4.57. The maximum Gasteiger partial charge on any atom is 0.207 e. The van der Waals surface area contributed by atoms with Gasteiger partial charge in [-0.15, -0.1) is 0 Å². The fourth-order valence-electron chi connectivity index (χ4n) is 1.97. The van der Waals surface area contributed by atoms with Crippen LogP contribution in [-0.4, -0.2) is 9.55 Å². The molecule has 3 rings (SSSR count). The number of aromatic nitrogens is 2. The Balaban J connectivity index is 1.97. The predicted molar refractivity (Wildman–Crippen MR) is 72.6 cm³/mol. The van der Waals surface area contributed by atoms with E-state index in [1.165, 1.54) is 18.9 Å². The maximum atomic E-state index is 13.8. The van der Waals surface area contributed by atoms with E-state index >= 15 is 0 Å². The molecule has 0 spiro atoms. The Bertz CT molecular complexity index is 570. The van der Waals surface area contributed by atoms with Crippen molar-refractivity contribution in [2.45, 2.75) is 25.8 Å². The Kier molecular flexibility index (Phi) is 2.86. The van der Waals surface area contributed by atoms with Gasteiger partial charge in [-0.1, -0.05) is 6.07 Å². The number of nitrogens with one attached hydrogen (secondary N) is 1. The molecule has 0 aliphatic heterocycles. The summed E-state index contributed by atoms with van der Waals surface area (Å²) in [6.45, 7) is 1.94. The minimum absolute atomic E-state index is 0.285. The molecular weight excluding hydrogens is 297 g/mol. The number of imidazole rings is 1. The van der Waals surface area contributed by atoms with Crippen molar-refractivity contribution in [3.63, 3.8) is 0 Å². The van der Waals surface area contributed by atoms with Gasteiger partial charge in [0.15, 0.2) is 0 Å². The third-order valence-electron chi connectivity index (χ3n) is 2.99. The minimum Gasteiger partial charge on any atom is -0.322 e. The van der Waals surface area contributed by atoms with Crippen LogP contribution in [0.4, 0.5) is 16.0 Å². The van der Waals surface area contributed by atoms with Crippen LogP contribution in [0.3, 0.4) is 0 Å². The Labute approximate surface area is 113 Å². The number of rotatable bonds is 3. The lowest BCUT2D eigenvalue weighted by atomic mass is 10.3. The standard InChI is InChI=1S/C13H13BrFN3/c1-8-7-18(9-5-6-9)13(16-8)17-12-10(14)3-2-4-11(12)15/h2-4,7,9H,5-6H2,1H3,(H,16,17). The first-order chi connectivity index (χ1) is 8.65. The number of halogens is 2. The van der Waals surface area contributed by atoms with Crippen molar-refractivity contribution in [1.82, 2.24) is 9.55 Å². The summed E-state index contributed by atoms with van der Waals surface area (Å²) < 4.78 is 16.6. The molecule has 1 N–H and O–H groups in total. The molecule has 1 heterocycles. The van der Waals surface area contributed by atoms with Crippen LogP contribution >= 0.6 is 15.9 Å². The summed E-state index contributed by atoms with van der Waals surface area (Å²) in [4.78, 5) is 4.41. The van der Waals surface area contributed by atoms with Gasteiger partial charge >= 0.3 is 0 Å². The normalized spacial score (nSPS) is 14.8. The zero-order valence-corrected chi connectivity index (χ0v) is 11.5. The summed E-state index contributed by atoms with van der Waals surface area (Å²) >= 11 is 3.35. The highest BCUT2D eigenvalue weighted by Crippen LogP contribution is 2.38. The molecule has 3 nitrogen and oxygen atoms in total. The zero-order valence-electron chi connectivity index (χ0n) is 9.95. The van der Waals surface area contributed by atoms with Crippen molar-refractivity contribution in [3.8, 4) is 0 Å². The SMILES string of the molecule is Cc1cn(C2CC2)c(Nc2c(F)cccc2Br)n1. The molecule has 0 unspecified atom stereocenters. The molecule has 5 heteroatoms. The van der Waals surface area contributed by atoms with Crippen molar-refractivity contribution in [1.29, 1.82) is 0 Å². The van der Waals surface area contributed by atoms with E-state index in [0.29, 0.717) is 22.2 Å². The van der Waals surface area contributed by atoms with Crippen LogP contribution < -0.4 is 5.32 Å². The van der Waals surface area contributed by atoms with Gasteiger partial charge in [-0.3, -0.25) is 0 Å². The summed E-state index contributed by atoms with van der Waals surface area (Å²) in [5, 5.41) is 3.08. The topological polar surface area (TPSA) is 29.9 Å². The number of aryl methyl sites for hydroxylation is 1. The number of hydrogen-bond donors (Lipinski definition) is 1. The monoisotopic (exact) mass is 309 g/mol. The van der Waals surface area contributed by atoms with Gasteiger partial charge in [-0.25, -0.2) is 9.37 Å². The van der Waals surface area contributed by atoms with Gasteiger partial charge in [0.25, 0.3) is 0 Å². The molecule has 0 saturated heterocycles. The largest absolute Gasteiger partial charge is 0.322 e. The van der Waals surface area contributed by atoms with Crippen molar-refractivity contribution in [2.24, 2.45) is 0 Å². The molecular formula is C13H13BrFN3. The van der Waals surface area contributed by atoms with Crippen molar-refractivity contribution in [3.05, 3.63) is 40.4 Å². The van der Waals surface area contributed by atoms with Gasteiger partial charge in [0.2, 0.25) is 5.95 Å². The average Bonchev–Trinajstić information content (AvgIpc) is 3.09. The van der Waals surface area contributed by atoms with Crippen molar-refractivity contribution < 1.29 is 4.39 Å². The van der Waals surface area contributed by atoms with Crippen LogP contribution in [0, 0.1) is 12.7 Å². The molecule has 1 fully saturated rings. The van der Waals surface area contributed by atoms with E-state index in [-0.39, 0.29) is 5.82 Å². The van der Waals surface area contributed by atoms with Crippen molar-refractivity contribution in [2.75, 3.05) is 5.32 Å². The fraction of sp³-hybridized carbons (Fsp3) is 0.308. The molecule has 1 saturated carbocycles. The van der Waals surface area contributed by atoms with Crippen LogP contribution in [0.5, 0.6) is 0 Å². The van der Waals surface area contributed by atoms with Crippen LogP contribution in [0.15, 0.2) is 28.9 Å². The second-order valence-corrected chi connectivity index (χ2v) is 5.42. The average molecular weight is 310 g/mol. The maximum absolute atomic E-state index is 13.8. The first-order valence-corrected chi connectivity index (χ1v) is 6.71. The van der Waals surface area contributed by atoms with E-state index in [1.54, 1.807) is 6.07 Å². The van der Waals surface area contributed by atoms with Crippen LogP contribution in [0.25, 0.3) is 0 Å². The van der Waals surface area contributed by atoms with Gasteiger partial charge < -0.3 is 9.88 Å². The highest BCUT2D eigenvalue weighted by atomic mass is 79.9. The molecule has 0 bridgehead atoms. The second kappa shape index (κ2) is 4.39. The van der Waals surface area contributed by atoms with E-state index in [0.717, 1.165) is 5.69 Å². The quantitative estimate of drug-likeness (QED) is 0.922. The zero-order chi connectivity index (χ0) is 12.7. The third kappa shape index (κ3) is 2.14. The van der Waals surface area contributed by atoms with E-state index < -0.39 is 0 Å². The Morgan fingerprint density at radius 2 is 2.22 bits per heavy atom. The minimum atomic E-state index is -0.285. The highest BCUT2D eigenvalue weighted by molar-refractivity contribution is 9.10. The Hall–Kier alpha value is -1.36. The summed E-state index contributed by atoms with van der Waals surface area (Å²) in [5.74, 6) is 0.424. The van der Waals surface area contributed by atoms with Gasteiger partial charge in [0.05, 0.1) is 11.4 Å². The number of benzene rings is 1. The smallest absolute Gasteiger partial charge is 0.207 e. The van der Waals surface area contributed by atoms with Gasteiger partial charge in [-0.2, -0.15) is 0 Å². The number of para-hydroxylation sites is 1. The van der Waals surface area contributed by atoms with Crippen LogP contribution in [-0.2, 0) is 0 Å². The lowest BCUT2D eigenvalue weighted by Gasteiger charge is -2.10. The fourth-order valence-corrected chi connectivity index (χ4v) is 2.41. The van der Waals surface area contributed by atoms with Gasteiger partial charge in [-0.05, 0) is 47.8 Å². The molecule has 0 radical (unpaired) electrons. The van der Waals surface area contributed by atoms with Crippen LogP contribution in [0.2, 0.25) is 0 Å². The predicted octanol–water partition coefficient (Wildman–Crippen LogP) is 4.17. The molecule has 2 aromatic rings.